The molecule has 0 atom stereocenters. The van der Waals surface area contributed by atoms with Crippen LogP contribution >= 0.6 is 0 Å². The summed E-state index contributed by atoms with van der Waals surface area (Å²) in [6.07, 6.45) is 5.86. The van der Waals surface area contributed by atoms with Crippen molar-refractivity contribution in [1.29, 1.82) is 0 Å². The molecule has 0 aromatic heterocycles. The summed E-state index contributed by atoms with van der Waals surface area (Å²) < 4.78 is 0. The first-order valence-corrected chi connectivity index (χ1v) is 6.21. The van der Waals surface area contributed by atoms with Gasteiger partial charge in [-0.3, -0.25) is 4.79 Å². The zero-order valence-corrected chi connectivity index (χ0v) is 9.64. The number of hydrogen-bond donors (Lipinski definition) is 2. The molecule has 2 N–H and O–H groups in total. The fourth-order valence-corrected chi connectivity index (χ4v) is 2.34. The molecule has 3 nitrogen and oxygen atoms in total. The fraction of sp³-hybridized carbons (Fsp3) is 0.917. The van der Waals surface area contributed by atoms with E-state index in [1.807, 2.05) is 0 Å². The van der Waals surface area contributed by atoms with Gasteiger partial charge < -0.3 is 10.6 Å². The van der Waals surface area contributed by atoms with Gasteiger partial charge in [0.1, 0.15) is 0 Å². The minimum Gasteiger partial charge on any atom is -0.356 e. The Hall–Kier alpha value is -0.570. The zero-order valence-electron chi connectivity index (χ0n) is 9.64. The molecule has 3 heteroatoms. The average Bonchev–Trinajstić information content (AvgIpc) is 2.90. The van der Waals surface area contributed by atoms with E-state index in [0.717, 1.165) is 26.1 Å². The van der Waals surface area contributed by atoms with Crippen molar-refractivity contribution in [3.8, 4) is 0 Å². The van der Waals surface area contributed by atoms with Gasteiger partial charge in [-0.15, -0.1) is 0 Å². The molecule has 2 fully saturated rings. The highest BCUT2D eigenvalue weighted by atomic mass is 16.1. The normalized spacial score (nSPS) is 23.3. The number of hydrogen-bond acceptors (Lipinski definition) is 2. The smallest absolute Gasteiger partial charge is 0.220 e. The first kappa shape index (κ1) is 10.9. The van der Waals surface area contributed by atoms with Gasteiger partial charge in [0, 0.05) is 13.0 Å². The standard InChI is InChI=1S/C12H22N2O/c1-2-3-12(4-5-12)9-14-11(15)6-10-7-13-8-10/h10,13H,2-9H2,1H3,(H,14,15). The number of carbonyl (C=O) groups is 1. The van der Waals surface area contributed by atoms with Gasteiger partial charge >= 0.3 is 0 Å². The second-order valence-electron chi connectivity index (χ2n) is 5.26. The van der Waals surface area contributed by atoms with Crippen LogP contribution in [0.15, 0.2) is 0 Å². The van der Waals surface area contributed by atoms with Crippen LogP contribution in [0.2, 0.25) is 0 Å². The molecule has 0 bridgehead atoms. The average molecular weight is 210 g/mol. The lowest BCUT2D eigenvalue weighted by molar-refractivity contribution is -0.122. The number of amides is 1. The zero-order chi connectivity index (χ0) is 10.7. The first-order valence-electron chi connectivity index (χ1n) is 6.21. The predicted molar refractivity (Wildman–Crippen MR) is 60.6 cm³/mol. The van der Waals surface area contributed by atoms with E-state index in [1.54, 1.807) is 0 Å². The van der Waals surface area contributed by atoms with Crippen LogP contribution in [-0.2, 0) is 4.79 Å². The topological polar surface area (TPSA) is 41.1 Å². The highest BCUT2D eigenvalue weighted by molar-refractivity contribution is 5.76. The van der Waals surface area contributed by atoms with E-state index in [2.05, 4.69) is 17.6 Å². The molecule has 0 aromatic carbocycles. The molecule has 0 aromatic rings. The quantitative estimate of drug-likeness (QED) is 0.693. The third-order valence-electron chi connectivity index (χ3n) is 3.74. The van der Waals surface area contributed by atoms with Gasteiger partial charge in [-0.1, -0.05) is 13.3 Å². The second-order valence-corrected chi connectivity index (χ2v) is 5.26. The molecule has 1 heterocycles. The second kappa shape index (κ2) is 4.52. The summed E-state index contributed by atoms with van der Waals surface area (Å²) in [7, 11) is 0. The van der Waals surface area contributed by atoms with Crippen molar-refractivity contribution in [3.05, 3.63) is 0 Å². The van der Waals surface area contributed by atoms with Gasteiger partial charge in [0.05, 0.1) is 0 Å². The lowest BCUT2D eigenvalue weighted by Gasteiger charge is -2.26. The van der Waals surface area contributed by atoms with E-state index >= 15 is 0 Å². The van der Waals surface area contributed by atoms with Crippen LogP contribution in [0.3, 0.4) is 0 Å². The molecule has 0 unspecified atom stereocenters. The van der Waals surface area contributed by atoms with Crippen LogP contribution in [0.25, 0.3) is 0 Å². The van der Waals surface area contributed by atoms with E-state index in [0.29, 0.717) is 11.3 Å². The molecule has 15 heavy (non-hydrogen) atoms. The maximum Gasteiger partial charge on any atom is 0.220 e. The largest absolute Gasteiger partial charge is 0.356 e. The summed E-state index contributed by atoms with van der Waals surface area (Å²) in [5.74, 6) is 0.843. The van der Waals surface area contributed by atoms with E-state index in [4.69, 9.17) is 0 Å². The van der Waals surface area contributed by atoms with Gasteiger partial charge in [0.25, 0.3) is 0 Å². The highest BCUT2D eigenvalue weighted by Crippen LogP contribution is 2.48. The van der Waals surface area contributed by atoms with Crippen molar-refractivity contribution >= 4 is 5.91 Å². The maximum atomic E-state index is 11.6. The summed E-state index contributed by atoms with van der Waals surface area (Å²) in [5, 5.41) is 6.29. The maximum absolute atomic E-state index is 11.6. The Morgan fingerprint density at radius 2 is 2.20 bits per heavy atom. The van der Waals surface area contributed by atoms with Crippen molar-refractivity contribution in [2.45, 2.75) is 39.0 Å². The highest BCUT2D eigenvalue weighted by Gasteiger charge is 2.41. The predicted octanol–water partition coefficient (Wildman–Crippen LogP) is 1.29. The first-order chi connectivity index (χ1) is 7.24. The Balaban J connectivity index is 1.62. The Labute approximate surface area is 92.0 Å². The van der Waals surface area contributed by atoms with Gasteiger partial charge in [-0.25, -0.2) is 0 Å². The Kier molecular flexibility index (Phi) is 3.29. The van der Waals surface area contributed by atoms with Crippen LogP contribution in [-0.4, -0.2) is 25.5 Å². The monoisotopic (exact) mass is 210 g/mol. The number of nitrogens with one attached hydrogen (secondary N) is 2. The van der Waals surface area contributed by atoms with Crippen LogP contribution < -0.4 is 10.6 Å². The molecule has 1 aliphatic heterocycles. The third-order valence-corrected chi connectivity index (χ3v) is 3.74. The minimum atomic E-state index is 0.254. The molecule has 1 amide bonds. The Morgan fingerprint density at radius 3 is 2.67 bits per heavy atom. The van der Waals surface area contributed by atoms with Crippen molar-refractivity contribution in [2.75, 3.05) is 19.6 Å². The summed E-state index contributed by atoms with van der Waals surface area (Å²) in [6.45, 7) is 5.18. The summed E-state index contributed by atoms with van der Waals surface area (Å²) >= 11 is 0. The number of rotatable bonds is 6. The van der Waals surface area contributed by atoms with Gasteiger partial charge in [-0.05, 0) is 43.7 Å². The molecule has 0 radical (unpaired) electrons. The van der Waals surface area contributed by atoms with E-state index < -0.39 is 0 Å². The van der Waals surface area contributed by atoms with Gasteiger partial charge in [0.15, 0.2) is 0 Å². The molecule has 1 aliphatic carbocycles. The molecule has 86 valence electrons. The van der Waals surface area contributed by atoms with Crippen LogP contribution in [0, 0.1) is 11.3 Å². The van der Waals surface area contributed by atoms with Crippen molar-refractivity contribution in [2.24, 2.45) is 11.3 Å². The summed E-state index contributed by atoms with van der Waals surface area (Å²) in [6, 6.07) is 0. The minimum absolute atomic E-state index is 0.254. The molecule has 1 saturated carbocycles. The Morgan fingerprint density at radius 1 is 1.47 bits per heavy atom. The van der Waals surface area contributed by atoms with Gasteiger partial charge in [-0.2, -0.15) is 0 Å². The number of carbonyl (C=O) groups excluding carboxylic acids is 1. The van der Waals surface area contributed by atoms with Crippen LogP contribution in [0.5, 0.6) is 0 Å². The van der Waals surface area contributed by atoms with Crippen molar-refractivity contribution in [1.82, 2.24) is 10.6 Å². The Bertz CT molecular complexity index is 232. The van der Waals surface area contributed by atoms with E-state index in [-0.39, 0.29) is 5.91 Å². The van der Waals surface area contributed by atoms with Crippen LogP contribution in [0.4, 0.5) is 0 Å². The molecule has 2 aliphatic rings. The molecule has 1 saturated heterocycles. The molecular weight excluding hydrogens is 188 g/mol. The molecular formula is C12H22N2O. The lowest BCUT2D eigenvalue weighted by atomic mass is 9.98. The molecule has 2 rings (SSSR count). The van der Waals surface area contributed by atoms with Gasteiger partial charge in [0.2, 0.25) is 5.91 Å². The fourth-order valence-electron chi connectivity index (χ4n) is 2.34. The van der Waals surface area contributed by atoms with E-state index in [9.17, 15) is 4.79 Å². The third kappa shape index (κ3) is 2.94. The summed E-state index contributed by atoms with van der Waals surface area (Å²) in [5.41, 5.74) is 0.488. The van der Waals surface area contributed by atoms with E-state index in [1.165, 1.54) is 25.7 Å². The van der Waals surface area contributed by atoms with Crippen molar-refractivity contribution in [3.63, 3.8) is 0 Å². The molecule has 0 spiro atoms. The van der Waals surface area contributed by atoms with Crippen LogP contribution in [0.1, 0.15) is 39.0 Å². The van der Waals surface area contributed by atoms with Crippen molar-refractivity contribution < 1.29 is 4.79 Å². The SMILES string of the molecule is CCCC1(CNC(=O)CC2CNC2)CC1. The summed E-state index contributed by atoms with van der Waals surface area (Å²) in [4.78, 5) is 11.6. The lowest BCUT2D eigenvalue weighted by Crippen LogP contribution is -2.45.